The minimum Gasteiger partial charge on any atom is -0.484 e. The van der Waals surface area contributed by atoms with E-state index in [-0.39, 0.29) is 25.7 Å². The van der Waals surface area contributed by atoms with Crippen molar-refractivity contribution >= 4 is 5.91 Å². The normalized spacial score (nSPS) is 10.2. The first-order valence-corrected chi connectivity index (χ1v) is 6.27. The van der Waals surface area contributed by atoms with E-state index in [1.54, 1.807) is 0 Å². The Kier molecular flexibility index (Phi) is 6.22. The second-order valence-electron chi connectivity index (χ2n) is 4.21. The molecule has 0 bridgehead atoms. The van der Waals surface area contributed by atoms with Gasteiger partial charge >= 0.3 is 0 Å². The molecule has 4 nitrogen and oxygen atoms in total. The molecule has 0 saturated heterocycles. The lowest BCUT2D eigenvalue weighted by Crippen LogP contribution is -2.31. The van der Waals surface area contributed by atoms with Crippen LogP contribution < -0.4 is 10.1 Å². The summed E-state index contributed by atoms with van der Waals surface area (Å²) >= 11 is 0. The Balaban J connectivity index is 2.49. The second-order valence-corrected chi connectivity index (χ2v) is 4.21. The van der Waals surface area contributed by atoms with Gasteiger partial charge in [-0.2, -0.15) is 0 Å². The molecule has 0 aliphatic carbocycles. The SMILES string of the molecule is CCCc1ccc(OCC(=O)NCCO)c(C)c1. The summed E-state index contributed by atoms with van der Waals surface area (Å²) in [5.41, 5.74) is 2.32. The van der Waals surface area contributed by atoms with Gasteiger partial charge < -0.3 is 15.2 Å². The van der Waals surface area contributed by atoms with E-state index in [2.05, 4.69) is 18.3 Å². The molecule has 4 heteroatoms. The standard InChI is InChI=1S/C14H21NO3/c1-3-4-12-5-6-13(11(2)9-12)18-10-14(17)15-7-8-16/h5-6,9,16H,3-4,7-8,10H2,1-2H3,(H,15,17). The van der Waals surface area contributed by atoms with Gasteiger partial charge in [-0.15, -0.1) is 0 Å². The molecule has 0 aliphatic rings. The van der Waals surface area contributed by atoms with Crippen molar-refractivity contribution < 1.29 is 14.6 Å². The molecule has 0 fully saturated rings. The quantitative estimate of drug-likeness (QED) is 0.771. The van der Waals surface area contributed by atoms with Crippen molar-refractivity contribution in [1.29, 1.82) is 0 Å². The van der Waals surface area contributed by atoms with Crippen LogP contribution in [0.4, 0.5) is 0 Å². The lowest BCUT2D eigenvalue weighted by Gasteiger charge is -2.10. The zero-order valence-electron chi connectivity index (χ0n) is 11.0. The van der Waals surface area contributed by atoms with E-state index in [4.69, 9.17) is 9.84 Å². The van der Waals surface area contributed by atoms with Crippen LogP contribution in [0.1, 0.15) is 24.5 Å². The maximum atomic E-state index is 11.3. The molecule has 1 amide bonds. The van der Waals surface area contributed by atoms with E-state index >= 15 is 0 Å². The molecule has 0 atom stereocenters. The molecule has 1 aromatic carbocycles. The number of benzene rings is 1. The van der Waals surface area contributed by atoms with Gasteiger partial charge in [0, 0.05) is 6.54 Å². The minimum absolute atomic E-state index is 0.0199. The molecule has 0 unspecified atom stereocenters. The number of rotatable bonds is 7. The highest BCUT2D eigenvalue weighted by Gasteiger charge is 2.04. The van der Waals surface area contributed by atoms with Gasteiger partial charge in [-0.3, -0.25) is 4.79 Å². The van der Waals surface area contributed by atoms with E-state index < -0.39 is 0 Å². The van der Waals surface area contributed by atoms with Crippen LogP contribution in [0, 0.1) is 6.92 Å². The lowest BCUT2D eigenvalue weighted by atomic mass is 10.1. The fourth-order valence-electron chi connectivity index (χ4n) is 1.71. The van der Waals surface area contributed by atoms with Gasteiger partial charge in [0.1, 0.15) is 5.75 Å². The number of hydrogen-bond donors (Lipinski definition) is 2. The maximum absolute atomic E-state index is 11.3. The highest BCUT2D eigenvalue weighted by atomic mass is 16.5. The van der Waals surface area contributed by atoms with E-state index in [1.807, 2.05) is 19.1 Å². The molecule has 0 aromatic heterocycles. The van der Waals surface area contributed by atoms with Gasteiger partial charge in [0.2, 0.25) is 0 Å². The van der Waals surface area contributed by atoms with E-state index in [9.17, 15) is 4.79 Å². The lowest BCUT2D eigenvalue weighted by molar-refractivity contribution is -0.123. The van der Waals surface area contributed by atoms with Crippen molar-refractivity contribution in [3.63, 3.8) is 0 Å². The number of ether oxygens (including phenoxy) is 1. The first-order chi connectivity index (χ1) is 8.67. The Hall–Kier alpha value is -1.55. The largest absolute Gasteiger partial charge is 0.484 e. The summed E-state index contributed by atoms with van der Waals surface area (Å²) in [6, 6.07) is 6.02. The molecule has 18 heavy (non-hydrogen) atoms. The highest BCUT2D eigenvalue weighted by Crippen LogP contribution is 2.19. The van der Waals surface area contributed by atoms with Crippen molar-refractivity contribution in [3.05, 3.63) is 29.3 Å². The Morgan fingerprint density at radius 3 is 2.83 bits per heavy atom. The second kappa shape index (κ2) is 7.71. The maximum Gasteiger partial charge on any atom is 0.258 e. The molecule has 0 spiro atoms. The number of carbonyl (C=O) groups is 1. The molecule has 100 valence electrons. The summed E-state index contributed by atoms with van der Waals surface area (Å²) in [4.78, 5) is 11.3. The van der Waals surface area contributed by atoms with Gasteiger partial charge in [-0.25, -0.2) is 0 Å². The predicted octanol–water partition coefficient (Wildman–Crippen LogP) is 1.43. The fraction of sp³-hybridized carbons (Fsp3) is 0.500. The van der Waals surface area contributed by atoms with Crippen molar-refractivity contribution in [3.8, 4) is 5.75 Å². The Morgan fingerprint density at radius 2 is 2.22 bits per heavy atom. The molecule has 2 N–H and O–H groups in total. The zero-order chi connectivity index (χ0) is 13.4. The van der Waals surface area contributed by atoms with Crippen LogP contribution in [0.25, 0.3) is 0 Å². The molecule has 0 heterocycles. The topological polar surface area (TPSA) is 58.6 Å². The van der Waals surface area contributed by atoms with Gasteiger partial charge in [0.05, 0.1) is 6.61 Å². The van der Waals surface area contributed by atoms with Gasteiger partial charge in [-0.1, -0.05) is 25.5 Å². The third-order valence-electron chi connectivity index (χ3n) is 2.57. The summed E-state index contributed by atoms with van der Waals surface area (Å²) in [6.07, 6.45) is 2.17. The van der Waals surface area contributed by atoms with Gasteiger partial charge in [-0.05, 0) is 30.5 Å². The van der Waals surface area contributed by atoms with Crippen molar-refractivity contribution in [2.45, 2.75) is 26.7 Å². The van der Waals surface area contributed by atoms with Crippen LogP contribution >= 0.6 is 0 Å². The molecule has 0 radical (unpaired) electrons. The Labute approximate surface area is 108 Å². The van der Waals surface area contributed by atoms with Crippen LogP contribution in [0.5, 0.6) is 5.75 Å². The summed E-state index contributed by atoms with van der Waals surface area (Å²) in [5.74, 6) is 0.509. The summed E-state index contributed by atoms with van der Waals surface area (Å²) < 4.78 is 5.44. The van der Waals surface area contributed by atoms with Gasteiger partial charge in [0.15, 0.2) is 6.61 Å². The van der Waals surface area contributed by atoms with E-state index in [1.165, 1.54) is 5.56 Å². The number of amides is 1. The molecular weight excluding hydrogens is 230 g/mol. The molecule has 0 saturated carbocycles. The number of aliphatic hydroxyl groups excluding tert-OH is 1. The van der Waals surface area contributed by atoms with Crippen LogP contribution in [-0.2, 0) is 11.2 Å². The number of hydrogen-bond acceptors (Lipinski definition) is 3. The summed E-state index contributed by atoms with van der Waals surface area (Å²) in [7, 11) is 0. The fourth-order valence-corrected chi connectivity index (χ4v) is 1.71. The number of nitrogens with one attached hydrogen (secondary N) is 1. The van der Waals surface area contributed by atoms with Crippen LogP contribution in [0.15, 0.2) is 18.2 Å². The first kappa shape index (κ1) is 14.5. The average Bonchev–Trinajstić information content (AvgIpc) is 2.35. The summed E-state index contributed by atoms with van der Waals surface area (Å²) in [5, 5.41) is 11.1. The Bertz CT molecular complexity index is 391. The number of aryl methyl sites for hydroxylation is 2. The van der Waals surface area contributed by atoms with E-state index in [0.29, 0.717) is 0 Å². The average molecular weight is 251 g/mol. The zero-order valence-corrected chi connectivity index (χ0v) is 11.0. The molecule has 0 aliphatic heterocycles. The minimum atomic E-state index is -0.221. The van der Waals surface area contributed by atoms with Crippen LogP contribution in [-0.4, -0.2) is 30.8 Å². The van der Waals surface area contributed by atoms with Gasteiger partial charge in [0.25, 0.3) is 5.91 Å². The van der Waals surface area contributed by atoms with Crippen LogP contribution in [0.3, 0.4) is 0 Å². The number of aliphatic hydroxyl groups is 1. The monoisotopic (exact) mass is 251 g/mol. The highest BCUT2D eigenvalue weighted by molar-refractivity contribution is 5.77. The van der Waals surface area contributed by atoms with Crippen molar-refractivity contribution in [1.82, 2.24) is 5.32 Å². The van der Waals surface area contributed by atoms with E-state index in [0.717, 1.165) is 24.2 Å². The third-order valence-corrected chi connectivity index (χ3v) is 2.57. The first-order valence-electron chi connectivity index (χ1n) is 6.27. The number of carbonyl (C=O) groups excluding carboxylic acids is 1. The molecular formula is C14H21NO3. The smallest absolute Gasteiger partial charge is 0.258 e. The van der Waals surface area contributed by atoms with Crippen LogP contribution in [0.2, 0.25) is 0 Å². The molecule has 1 rings (SSSR count). The van der Waals surface area contributed by atoms with Crippen molar-refractivity contribution in [2.24, 2.45) is 0 Å². The molecule has 1 aromatic rings. The Morgan fingerprint density at radius 1 is 1.44 bits per heavy atom. The summed E-state index contributed by atoms with van der Waals surface area (Å²) in [6.45, 7) is 4.30. The third kappa shape index (κ3) is 4.75. The predicted molar refractivity (Wildman–Crippen MR) is 70.8 cm³/mol. The van der Waals surface area contributed by atoms with Crippen molar-refractivity contribution in [2.75, 3.05) is 19.8 Å².